The van der Waals surface area contributed by atoms with Crippen molar-refractivity contribution in [3.8, 4) is 0 Å². The summed E-state index contributed by atoms with van der Waals surface area (Å²) in [7, 11) is 0. The van der Waals surface area contributed by atoms with E-state index in [1.54, 1.807) is 6.20 Å². The number of thiophene rings is 1. The lowest BCUT2D eigenvalue weighted by Crippen LogP contribution is -2.23. The van der Waals surface area contributed by atoms with Crippen molar-refractivity contribution >= 4 is 28.8 Å². The zero-order valence-electron chi connectivity index (χ0n) is 16.8. The number of aromatic nitrogens is 2. The van der Waals surface area contributed by atoms with E-state index in [2.05, 4.69) is 34.7 Å². The number of hydrogen-bond donors (Lipinski definition) is 1. The maximum Gasteiger partial charge on any atom is 0.225 e. The minimum Gasteiger partial charge on any atom is -0.311 e. The van der Waals surface area contributed by atoms with Crippen molar-refractivity contribution in [1.29, 1.82) is 0 Å². The number of aryl methyl sites for hydroxylation is 3. The first-order valence-corrected chi connectivity index (χ1v) is 10.9. The predicted octanol–water partition coefficient (Wildman–Crippen LogP) is 5.09. The number of hydrogen-bond acceptors (Lipinski definition) is 4. The molecule has 0 aliphatic heterocycles. The van der Waals surface area contributed by atoms with Gasteiger partial charge in [0.2, 0.25) is 5.91 Å². The molecule has 3 aromatic rings. The van der Waals surface area contributed by atoms with Gasteiger partial charge >= 0.3 is 0 Å². The summed E-state index contributed by atoms with van der Waals surface area (Å²) in [5.74, 6) is 0.599. The van der Waals surface area contributed by atoms with Gasteiger partial charge in [-0.1, -0.05) is 24.3 Å². The Hall–Kier alpha value is -2.73. The van der Waals surface area contributed by atoms with Crippen LogP contribution >= 0.6 is 11.3 Å². The molecule has 0 saturated carbocycles. The van der Waals surface area contributed by atoms with Crippen LogP contribution in [0.4, 0.5) is 5.82 Å². The Morgan fingerprint density at radius 1 is 1.17 bits per heavy atom. The summed E-state index contributed by atoms with van der Waals surface area (Å²) in [6, 6.07) is 12.4. The summed E-state index contributed by atoms with van der Waals surface area (Å²) >= 11 is 1.47. The molecule has 4 rings (SSSR count). The largest absolute Gasteiger partial charge is 0.311 e. The third-order valence-electron chi connectivity index (χ3n) is 5.46. The van der Waals surface area contributed by atoms with Gasteiger partial charge < -0.3 is 5.32 Å². The van der Waals surface area contributed by atoms with Crippen LogP contribution in [0.25, 0.3) is 0 Å². The lowest BCUT2D eigenvalue weighted by atomic mass is 9.88. The third-order valence-corrected chi connectivity index (χ3v) is 6.51. The normalized spacial score (nSPS) is 15.7. The van der Waals surface area contributed by atoms with Crippen LogP contribution in [0.15, 0.2) is 42.6 Å². The fourth-order valence-electron chi connectivity index (χ4n) is 3.95. The number of Topliss-reactive ketones (excluding diaryl/α,β-unsaturated/α-hetero) is 1. The fourth-order valence-corrected chi connectivity index (χ4v) is 4.79. The Morgan fingerprint density at radius 2 is 2.00 bits per heavy atom. The predicted molar refractivity (Wildman–Crippen MR) is 116 cm³/mol. The van der Waals surface area contributed by atoms with E-state index in [1.807, 2.05) is 30.7 Å². The van der Waals surface area contributed by atoms with Crippen molar-refractivity contribution in [3.05, 3.63) is 69.0 Å². The molecule has 1 aliphatic carbocycles. The van der Waals surface area contributed by atoms with Crippen LogP contribution in [0.1, 0.15) is 63.0 Å². The maximum absolute atomic E-state index is 12.6. The van der Waals surface area contributed by atoms with Gasteiger partial charge in [-0.2, -0.15) is 5.10 Å². The molecule has 0 spiro atoms. The number of amides is 1. The summed E-state index contributed by atoms with van der Waals surface area (Å²) < 4.78 is 1.94. The van der Waals surface area contributed by atoms with Crippen LogP contribution in [-0.2, 0) is 11.2 Å². The smallest absolute Gasteiger partial charge is 0.225 e. The number of anilines is 1. The van der Waals surface area contributed by atoms with Crippen LogP contribution in [0.2, 0.25) is 0 Å². The summed E-state index contributed by atoms with van der Waals surface area (Å²) in [5.41, 5.74) is 3.56. The van der Waals surface area contributed by atoms with Gasteiger partial charge in [-0.15, -0.1) is 11.3 Å². The lowest BCUT2D eigenvalue weighted by molar-refractivity contribution is -0.116. The molecule has 1 N–H and O–H groups in total. The molecular weight excluding hydrogens is 382 g/mol. The topological polar surface area (TPSA) is 64.0 Å². The number of benzene rings is 1. The molecule has 2 heterocycles. The number of rotatable bonds is 6. The van der Waals surface area contributed by atoms with Crippen LogP contribution in [0, 0.1) is 13.8 Å². The van der Waals surface area contributed by atoms with E-state index in [1.165, 1.54) is 22.5 Å². The van der Waals surface area contributed by atoms with E-state index in [0.29, 0.717) is 0 Å². The van der Waals surface area contributed by atoms with Gasteiger partial charge in [-0.25, -0.2) is 4.68 Å². The molecule has 1 unspecified atom stereocenters. The molecule has 2 aromatic heterocycles. The Labute approximate surface area is 174 Å². The maximum atomic E-state index is 12.6. The molecule has 1 aromatic carbocycles. The van der Waals surface area contributed by atoms with Crippen molar-refractivity contribution < 1.29 is 9.59 Å². The van der Waals surface area contributed by atoms with Gasteiger partial charge in [0.25, 0.3) is 0 Å². The standard InChI is InChI=1S/C23H25N3O2S/c1-15-14-24-26(19-9-5-7-17-6-3-4-8-18(17)19)23(15)25-22(28)13-11-20(27)21-12-10-16(2)29-21/h3-4,6,8,10,12,14,19H,5,7,9,11,13H2,1-2H3,(H,25,28). The highest BCUT2D eigenvalue weighted by Gasteiger charge is 2.25. The Morgan fingerprint density at radius 3 is 2.79 bits per heavy atom. The highest BCUT2D eigenvalue weighted by molar-refractivity contribution is 7.14. The van der Waals surface area contributed by atoms with Gasteiger partial charge in [0.1, 0.15) is 5.82 Å². The second kappa shape index (κ2) is 8.33. The van der Waals surface area contributed by atoms with Crippen LogP contribution < -0.4 is 5.32 Å². The fraction of sp³-hybridized carbons (Fsp3) is 0.348. The Kier molecular flexibility index (Phi) is 5.62. The molecule has 0 saturated heterocycles. The average Bonchev–Trinajstić information content (AvgIpc) is 3.32. The first-order valence-electron chi connectivity index (χ1n) is 10.0. The molecule has 0 bridgehead atoms. The molecule has 6 heteroatoms. The number of ketones is 1. The van der Waals surface area contributed by atoms with E-state index in [-0.39, 0.29) is 30.6 Å². The van der Waals surface area contributed by atoms with Gasteiger partial charge in [0.15, 0.2) is 5.78 Å². The SMILES string of the molecule is Cc1ccc(C(=O)CCC(=O)Nc2c(C)cnn2C2CCCc3ccccc32)s1. The van der Waals surface area contributed by atoms with Gasteiger partial charge in [-0.3, -0.25) is 9.59 Å². The zero-order valence-corrected chi connectivity index (χ0v) is 17.6. The first-order chi connectivity index (χ1) is 14.0. The van der Waals surface area contributed by atoms with Crippen molar-refractivity contribution in [2.75, 3.05) is 5.32 Å². The van der Waals surface area contributed by atoms with E-state index in [9.17, 15) is 9.59 Å². The number of fused-ring (bicyclic) bond motifs is 1. The van der Waals surface area contributed by atoms with Crippen molar-refractivity contribution in [2.45, 2.75) is 52.0 Å². The third kappa shape index (κ3) is 4.17. The summed E-state index contributed by atoms with van der Waals surface area (Å²) in [6.07, 6.45) is 5.36. The summed E-state index contributed by atoms with van der Waals surface area (Å²) in [5, 5.41) is 7.59. The van der Waals surface area contributed by atoms with E-state index < -0.39 is 0 Å². The van der Waals surface area contributed by atoms with Crippen molar-refractivity contribution in [2.24, 2.45) is 0 Å². The van der Waals surface area contributed by atoms with Crippen molar-refractivity contribution in [1.82, 2.24) is 9.78 Å². The van der Waals surface area contributed by atoms with Crippen LogP contribution in [-0.4, -0.2) is 21.5 Å². The quantitative estimate of drug-likeness (QED) is 0.579. The highest BCUT2D eigenvalue weighted by Crippen LogP contribution is 2.35. The van der Waals surface area contributed by atoms with E-state index in [4.69, 9.17) is 0 Å². The molecule has 1 atom stereocenters. The molecule has 1 aliphatic rings. The van der Waals surface area contributed by atoms with Gasteiger partial charge in [0.05, 0.1) is 17.1 Å². The lowest BCUT2D eigenvalue weighted by Gasteiger charge is -2.27. The zero-order chi connectivity index (χ0) is 20.4. The molecule has 5 nitrogen and oxygen atoms in total. The van der Waals surface area contributed by atoms with E-state index in [0.717, 1.165) is 40.4 Å². The van der Waals surface area contributed by atoms with Gasteiger partial charge in [0, 0.05) is 23.3 Å². The van der Waals surface area contributed by atoms with Crippen LogP contribution in [0.3, 0.4) is 0 Å². The molecule has 29 heavy (non-hydrogen) atoms. The second-order valence-electron chi connectivity index (χ2n) is 7.61. The molecule has 1 amide bonds. The Balaban J connectivity index is 1.47. The highest BCUT2D eigenvalue weighted by atomic mass is 32.1. The van der Waals surface area contributed by atoms with Crippen molar-refractivity contribution in [3.63, 3.8) is 0 Å². The minimum atomic E-state index is -0.152. The molecule has 0 fully saturated rings. The first kappa shape index (κ1) is 19.6. The second-order valence-corrected chi connectivity index (χ2v) is 8.90. The molecule has 0 radical (unpaired) electrons. The minimum absolute atomic E-state index is 0.0182. The Bertz CT molecular complexity index is 1050. The van der Waals surface area contributed by atoms with Crippen LogP contribution in [0.5, 0.6) is 0 Å². The van der Waals surface area contributed by atoms with Gasteiger partial charge in [-0.05, 0) is 56.4 Å². The summed E-state index contributed by atoms with van der Waals surface area (Å²) in [6.45, 7) is 3.93. The molecule has 150 valence electrons. The monoisotopic (exact) mass is 407 g/mol. The number of carbonyl (C=O) groups is 2. The number of nitrogens with zero attached hydrogens (tertiary/aromatic N) is 2. The van der Waals surface area contributed by atoms with E-state index >= 15 is 0 Å². The molecular formula is C23H25N3O2S. The average molecular weight is 408 g/mol. The number of carbonyl (C=O) groups excluding carboxylic acids is 2. The summed E-state index contributed by atoms with van der Waals surface area (Å²) in [4.78, 5) is 26.7. The number of nitrogens with one attached hydrogen (secondary N) is 1.